The molecule has 4 aromatic rings. The van der Waals surface area contributed by atoms with Crippen LogP contribution in [0.1, 0.15) is 30.9 Å². The van der Waals surface area contributed by atoms with E-state index in [9.17, 15) is 4.79 Å². The zero-order valence-electron chi connectivity index (χ0n) is 17.2. The molecule has 0 aliphatic heterocycles. The highest BCUT2D eigenvalue weighted by Crippen LogP contribution is 2.27. The molecule has 6 heteroatoms. The van der Waals surface area contributed by atoms with E-state index < -0.39 is 0 Å². The lowest BCUT2D eigenvalue weighted by molar-refractivity contribution is -0.118. The number of rotatable bonds is 6. The van der Waals surface area contributed by atoms with Gasteiger partial charge in [0, 0.05) is 17.4 Å². The normalized spacial score (nSPS) is 11.1. The molecule has 30 heavy (non-hydrogen) atoms. The highest BCUT2D eigenvalue weighted by Gasteiger charge is 2.12. The molecule has 0 unspecified atom stereocenters. The molecule has 1 N–H and O–H groups in total. The van der Waals surface area contributed by atoms with Crippen LogP contribution in [-0.2, 0) is 4.79 Å². The SMILES string of the molecule is Cc1cc(-c2nc3ncccc3o2)ccc1NC(=O)COc1ccc(C(C)C)cc1. The summed E-state index contributed by atoms with van der Waals surface area (Å²) in [5.41, 5.74) is 4.89. The molecule has 2 aromatic heterocycles. The van der Waals surface area contributed by atoms with Gasteiger partial charge in [-0.15, -0.1) is 0 Å². The number of carbonyl (C=O) groups is 1. The molecule has 0 spiro atoms. The molecule has 2 heterocycles. The largest absolute Gasteiger partial charge is 0.484 e. The van der Waals surface area contributed by atoms with Crippen molar-refractivity contribution in [2.45, 2.75) is 26.7 Å². The Bertz CT molecular complexity index is 1150. The number of nitrogens with one attached hydrogen (secondary N) is 1. The summed E-state index contributed by atoms with van der Waals surface area (Å²) in [7, 11) is 0. The highest BCUT2D eigenvalue weighted by molar-refractivity contribution is 5.93. The Balaban J connectivity index is 1.40. The van der Waals surface area contributed by atoms with Crippen LogP contribution in [0.25, 0.3) is 22.7 Å². The van der Waals surface area contributed by atoms with Crippen molar-refractivity contribution in [2.24, 2.45) is 0 Å². The molecule has 1 amide bonds. The standard InChI is InChI=1S/C24H23N3O3/c1-15(2)17-6-9-19(10-7-17)29-14-22(28)26-20-11-8-18(13-16(20)3)24-27-23-21(30-24)5-4-12-25-23/h4-13,15H,14H2,1-3H3,(H,26,28). The molecule has 0 radical (unpaired) electrons. The summed E-state index contributed by atoms with van der Waals surface area (Å²) in [4.78, 5) is 20.9. The number of carbonyl (C=O) groups excluding carboxylic acids is 1. The molecule has 0 fully saturated rings. The van der Waals surface area contributed by atoms with Gasteiger partial charge in [0.05, 0.1) is 0 Å². The van der Waals surface area contributed by atoms with Gasteiger partial charge in [-0.25, -0.2) is 4.98 Å². The van der Waals surface area contributed by atoms with Crippen LogP contribution in [0.4, 0.5) is 5.69 Å². The fraction of sp³-hybridized carbons (Fsp3) is 0.208. The zero-order valence-corrected chi connectivity index (χ0v) is 17.2. The average molecular weight is 401 g/mol. The minimum Gasteiger partial charge on any atom is -0.484 e. The predicted molar refractivity (Wildman–Crippen MR) is 117 cm³/mol. The number of hydrogen-bond acceptors (Lipinski definition) is 5. The molecular weight excluding hydrogens is 378 g/mol. The summed E-state index contributed by atoms with van der Waals surface area (Å²) in [6.45, 7) is 6.14. The summed E-state index contributed by atoms with van der Waals surface area (Å²) >= 11 is 0. The molecule has 2 aromatic carbocycles. The van der Waals surface area contributed by atoms with Crippen LogP contribution in [-0.4, -0.2) is 22.5 Å². The van der Waals surface area contributed by atoms with Gasteiger partial charge < -0.3 is 14.5 Å². The summed E-state index contributed by atoms with van der Waals surface area (Å²) < 4.78 is 11.4. The number of anilines is 1. The van der Waals surface area contributed by atoms with E-state index in [0.29, 0.717) is 28.8 Å². The zero-order chi connectivity index (χ0) is 21.1. The lowest BCUT2D eigenvalue weighted by Gasteiger charge is -2.11. The van der Waals surface area contributed by atoms with Crippen molar-refractivity contribution in [1.82, 2.24) is 9.97 Å². The van der Waals surface area contributed by atoms with Crippen LogP contribution >= 0.6 is 0 Å². The quantitative estimate of drug-likeness (QED) is 0.472. The fourth-order valence-corrected chi connectivity index (χ4v) is 3.11. The monoisotopic (exact) mass is 401 g/mol. The van der Waals surface area contributed by atoms with Gasteiger partial charge in [0.1, 0.15) is 5.75 Å². The molecule has 0 aliphatic carbocycles. The van der Waals surface area contributed by atoms with Crippen LogP contribution in [0.15, 0.2) is 65.2 Å². The van der Waals surface area contributed by atoms with Gasteiger partial charge >= 0.3 is 0 Å². The number of nitrogens with zero attached hydrogens (tertiary/aromatic N) is 2. The first-order valence-electron chi connectivity index (χ1n) is 9.85. The third-order valence-corrected chi connectivity index (χ3v) is 4.83. The second-order valence-corrected chi connectivity index (χ2v) is 7.43. The van der Waals surface area contributed by atoms with E-state index in [0.717, 1.165) is 16.8 Å². The van der Waals surface area contributed by atoms with Gasteiger partial charge in [-0.1, -0.05) is 26.0 Å². The third kappa shape index (κ3) is 4.33. The maximum Gasteiger partial charge on any atom is 0.262 e. The Morgan fingerprint density at radius 2 is 1.93 bits per heavy atom. The highest BCUT2D eigenvalue weighted by atomic mass is 16.5. The van der Waals surface area contributed by atoms with Crippen LogP contribution in [0, 0.1) is 6.92 Å². The van der Waals surface area contributed by atoms with Crippen LogP contribution < -0.4 is 10.1 Å². The first kappa shape index (κ1) is 19.6. The van der Waals surface area contributed by atoms with Gasteiger partial charge in [0.25, 0.3) is 5.91 Å². The maximum absolute atomic E-state index is 12.3. The molecule has 0 saturated heterocycles. The van der Waals surface area contributed by atoms with E-state index >= 15 is 0 Å². The number of hydrogen-bond donors (Lipinski definition) is 1. The molecule has 0 atom stereocenters. The molecule has 0 bridgehead atoms. The summed E-state index contributed by atoms with van der Waals surface area (Å²) in [6.07, 6.45) is 1.68. The second-order valence-electron chi connectivity index (χ2n) is 7.43. The van der Waals surface area contributed by atoms with Crippen molar-refractivity contribution < 1.29 is 13.9 Å². The van der Waals surface area contributed by atoms with Gasteiger partial charge in [-0.2, -0.15) is 4.98 Å². The van der Waals surface area contributed by atoms with E-state index in [1.54, 1.807) is 6.20 Å². The van der Waals surface area contributed by atoms with Crippen LogP contribution in [0.3, 0.4) is 0 Å². The lowest BCUT2D eigenvalue weighted by atomic mass is 10.0. The molecule has 0 aliphatic rings. The van der Waals surface area contributed by atoms with Gasteiger partial charge in [-0.05, 0) is 66.4 Å². The lowest BCUT2D eigenvalue weighted by Crippen LogP contribution is -2.20. The van der Waals surface area contributed by atoms with Crippen LogP contribution in [0.2, 0.25) is 0 Å². The van der Waals surface area contributed by atoms with Gasteiger partial charge in [0.15, 0.2) is 17.8 Å². The maximum atomic E-state index is 12.3. The number of oxazole rings is 1. The van der Waals surface area contributed by atoms with E-state index in [2.05, 4.69) is 29.1 Å². The summed E-state index contributed by atoms with van der Waals surface area (Å²) in [5.74, 6) is 1.41. The Morgan fingerprint density at radius 3 is 2.63 bits per heavy atom. The van der Waals surface area contributed by atoms with E-state index in [1.165, 1.54) is 5.56 Å². The van der Waals surface area contributed by atoms with Crippen molar-refractivity contribution in [3.8, 4) is 17.2 Å². The predicted octanol–water partition coefficient (Wildman–Crippen LogP) is 5.34. The number of benzene rings is 2. The topological polar surface area (TPSA) is 77.3 Å². The van der Waals surface area contributed by atoms with Gasteiger partial charge in [0.2, 0.25) is 5.89 Å². The van der Waals surface area contributed by atoms with Crippen molar-refractivity contribution in [3.05, 3.63) is 71.9 Å². The van der Waals surface area contributed by atoms with Crippen molar-refractivity contribution in [3.63, 3.8) is 0 Å². The molecule has 152 valence electrons. The van der Waals surface area contributed by atoms with Crippen molar-refractivity contribution in [2.75, 3.05) is 11.9 Å². The minimum absolute atomic E-state index is 0.0565. The number of fused-ring (bicyclic) bond motifs is 1. The number of pyridine rings is 1. The number of ether oxygens (including phenoxy) is 1. The van der Waals surface area contributed by atoms with Gasteiger partial charge in [-0.3, -0.25) is 4.79 Å². The number of aromatic nitrogens is 2. The van der Waals surface area contributed by atoms with Crippen LogP contribution in [0.5, 0.6) is 5.75 Å². The summed E-state index contributed by atoms with van der Waals surface area (Å²) in [6, 6.07) is 17.1. The Morgan fingerprint density at radius 1 is 1.13 bits per heavy atom. The van der Waals surface area contributed by atoms with E-state index in [-0.39, 0.29) is 12.5 Å². The van der Waals surface area contributed by atoms with Crippen molar-refractivity contribution >= 4 is 22.8 Å². The second kappa shape index (κ2) is 8.37. The van der Waals surface area contributed by atoms with Crippen molar-refractivity contribution in [1.29, 1.82) is 0 Å². The molecular formula is C24H23N3O3. The molecule has 4 rings (SSSR count). The Hall–Kier alpha value is -3.67. The Labute approximate surface area is 174 Å². The minimum atomic E-state index is -0.218. The molecule has 0 saturated carbocycles. The van der Waals surface area contributed by atoms with E-state index in [1.807, 2.05) is 61.5 Å². The first-order valence-corrected chi connectivity index (χ1v) is 9.85. The summed E-state index contributed by atoms with van der Waals surface area (Å²) in [5, 5.41) is 2.89. The third-order valence-electron chi connectivity index (χ3n) is 4.83. The first-order chi connectivity index (χ1) is 14.5. The molecule has 6 nitrogen and oxygen atoms in total. The number of aryl methyl sites for hydroxylation is 1. The Kier molecular flexibility index (Phi) is 5.48. The smallest absolute Gasteiger partial charge is 0.262 e. The number of amides is 1. The van der Waals surface area contributed by atoms with E-state index in [4.69, 9.17) is 9.15 Å². The fourth-order valence-electron chi connectivity index (χ4n) is 3.11. The average Bonchev–Trinajstić information content (AvgIpc) is 3.18.